The second-order valence-electron chi connectivity index (χ2n) is 4.87. The molecule has 9 heteroatoms. The van der Waals surface area contributed by atoms with Crippen molar-refractivity contribution in [3.63, 3.8) is 0 Å². The Labute approximate surface area is 130 Å². The van der Waals surface area contributed by atoms with Crippen molar-refractivity contribution in [3.8, 4) is 0 Å². The minimum Gasteiger partial charge on any atom is -0.353 e. The molecule has 2 rings (SSSR count). The average molecular weight is 316 g/mol. The van der Waals surface area contributed by atoms with Crippen LogP contribution in [-0.2, 0) is 4.79 Å². The minimum absolute atomic E-state index is 0.157. The van der Waals surface area contributed by atoms with E-state index in [9.17, 15) is 14.4 Å². The number of anilines is 1. The van der Waals surface area contributed by atoms with Gasteiger partial charge in [-0.2, -0.15) is 5.10 Å². The van der Waals surface area contributed by atoms with E-state index in [0.717, 1.165) is 11.1 Å². The maximum atomic E-state index is 11.9. The van der Waals surface area contributed by atoms with Gasteiger partial charge in [0, 0.05) is 0 Å². The third kappa shape index (κ3) is 4.63. The van der Waals surface area contributed by atoms with E-state index in [4.69, 9.17) is 0 Å². The summed E-state index contributed by atoms with van der Waals surface area (Å²) in [5.41, 5.74) is 2.86. The Bertz CT molecular complexity index is 839. The first-order valence-corrected chi connectivity index (χ1v) is 6.81. The van der Waals surface area contributed by atoms with Crippen LogP contribution in [0, 0.1) is 6.92 Å². The van der Waals surface area contributed by atoms with Crippen LogP contribution in [0.15, 0.2) is 39.0 Å². The molecule has 2 aromatic rings. The Morgan fingerprint density at radius 2 is 2.17 bits per heavy atom. The number of amides is 1. The average Bonchev–Trinajstić information content (AvgIpc) is 2.50. The van der Waals surface area contributed by atoms with Crippen molar-refractivity contribution in [2.24, 2.45) is 5.10 Å². The zero-order valence-corrected chi connectivity index (χ0v) is 12.6. The molecule has 1 heterocycles. The van der Waals surface area contributed by atoms with Crippen molar-refractivity contribution in [1.82, 2.24) is 20.6 Å². The SMILES string of the molecule is Cc1cccc(/C=N/NC(=O)[C@@H](C)Nc2n[nH]c(=O)[nH]c2=O)c1. The van der Waals surface area contributed by atoms with Gasteiger partial charge in [0.1, 0.15) is 6.04 Å². The number of carbonyl (C=O) groups is 1. The Balaban J connectivity index is 1.95. The van der Waals surface area contributed by atoms with E-state index in [0.29, 0.717) is 0 Å². The highest BCUT2D eigenvalue weighted by Crippen LogP contribution is 2.00. The molecule has 120 valence electrons. The summed E-state index contributed by atoms with van der Waals surface area (Å²) < 4.78 is 0. The quantitative estimate of drug-likeness (QED) is 0.445. The number of nitrogens with one attached hydrogen (secondary N) is 4. The number of benzene rings is 1. The largest absolute Gasteiger partial charge is 0.353 e. The van der Waals surface area contributed by atoms with E-state index in [1.165, 1.54) is 13.1 Å². The zero-order valence-electron chi connectivity index (χ0n) is 12.6. The summed E-state index contributed by atoms with van der Waals surface area (Å²) in [5, 5.41) is 12.0. The predicted octanol–water partition coefficient (Wildman–Crippen LogP) is -0.283. The first kappa shape index (κ1) is 16.1. The molecular weight excluding hydrogens is 300 g/mol. The summed E-state index contributed by atoms with van der Waals surface area (Å²) in [6.07, 6.45) is 1.52. The topological polar surface area (TPSA) is 132 Å². The van der Waals surface area contributed by atoms with Crippen molar-refractivity contribution in [2.45, 2.75) is 19.9 Å². The monoisotopic (exact) mass is 316 g/mol. The lowest BCUT2D eigenvalue weighted by Gasteiger charge is -2.11. The fourth-order valence-corrected chi connectivity index (χ4v) is 1.73. The first-order chi connectivity index (χ1) is 11.0. The van der Waals surface area contributed by atoms with Gasteiger partial charge in [0.2, 0.25) is 5.82 Å². The van der Waals surface area contributed by atoms with Crippen LogP contribution in [0.5, 0.6) is 0 Å². The summed E-state index contributed by atoms with van der Waals surface area (Å²) in [7, 11) is 0. The normalized spacial score (nSPS) is 12.1. The van der Waals surface area contributed by atoms with E-state index in [1.807, 2.05) is 36.2 Å². The highest BCUT2D eigenvalue weighted by atomic mass is 16.2. The lowest BCUT2D eigenvalue weighted by molar-refractivity contribution is -0.121. The highest BCUT2D eigenvalue weighted by molar-refractivity contribution is 5.86. The van der Waals surface area contributed by atoms with Gasteiger partial charge in [-0.05, 0) is 19.4 Å². The van der Waals surface area contributed by atoms with Gasteiger partial charge in [-0.25, -0.2) is 15.3 Å². The molecule has 0 fully saturated rings. The molecule has 0 radical (unpaired) electrons. The van der Waals surface area contributed by atoms with Gasteiger partial charge >= 0.3 is 5.69 Å². The van der Waals surface area contributed by atoms with Gasteiger partial charge < -0.3 is 5.32 Å². The van der Waals surface area contributed by atoms with Crippen LogP contribution in [0.2, 0.25) is 0 Å². The van der Waals surface area contributed by atoms with Crippen molar-refractivity contribution in [1.29, 1.82) is 0 Å². The van der Waals surface area contributed by atoms with Gasteiger partial charge in [-0.15, -0.1) is 5.10 Å². The standard InChI is InChI=1S/C14H16N6O3/c1-8-4-3-5-10(6-8)7-15-19-12(21)9(2)16-11-13(22)17-14(23)20-18-11/h3-7,9H,1-2H3,(H,16,18)(H,19,21)(H2,17,20,22,23)/b15-7+/t9-/m1/s1. The molecule has 1 aromatic carbocycles. The smallest absolute Gasteiger partial charge is 0.342 e. The van der Waals surface area contributed by atoms with Gasteiger partial charge in [0.05, 0.1) is 6.21 Å². The molecule has 0 saturated heterocycles. The van der Waals surface area contributed by atoms with Crippen LogP contribution in [0.4, 0.5) is 5.82 Å². The number of aromatic nitrogens is 3. The molecule has 1 atom stereocenters. The third-order valence-corrected chi connectivity index (χ3v) is 2.89. The second-order valence-corrected chi connectivity index (χ2v) is 4.87. The van der Waals surface area contributed by atoms with Gasteiger partial charge in [0.15, 0.2) is 0 Å². The van der Waals surface area contributed by atoms with Crippen LogP contribution >= 0.6 is 0 Å². The lowest BCUT2D eigenvalue weighted by atomic mass is 10.2. The number of rotatable bonds is 5. The molecule has 0 saturated carbocycles. The maximum Gasteiger partial charge on any atom is 0.342 e. The Morgan fingerprint density at radius 3 is 2.87 bits per heavy atom. The molecule has 9 nitrogen and oxygen atoms in total. The second kappa shape index (κ2) is 7.16. The Kier molecular flexibility index (Phi) is 5.03. The number of aromatic amines is 2. The van der Waals surface area contributed by atoms with Crippen LogP contribution in [-0.4, -0.2) is 33.3 Å². The fourth-order valence-electron chi connectivity index (χ4n) is 1.73. The minimum atomic E-state index is -0.774. The summed E-state index contributed by atoms with van der Waals surface area (Å²) in [6.45, 7) is 3.49. The number of hydrazone groups is 1. The van der Waals surface area contributed by atoms with Crippen LogP contribution in [0.1, 0.15) is 18.1 Å². The Hall–Kier alpha value is -3.23. The third-order valence-electron chi connectivity index (χ3n) is 2.89. The molecule has 0 aliphatic heterocycles. The maximum absolute atomic E-state index is 11.9. The van der Waals surface area contributed by atoms with E-state index in [2.05, 4.69) is 26.0 Å². The van der Waals surface area contributed by atoms with E-state index >= 15 is 0 Å². The van der Waals surface area contributed by atoms with E-state index in [-0.39, 0.29) is 5.82 Å². The van der Waals surface area contributed by atoms with Gasteiger partial charge in [-0.3, -0.25) is 14.6 Å². The summed E-state index contributed by atoms with van der Waals surface area (Å²) in [4.78, 5) is 36.2. The molecule has 0 aliphatic carbocycles. The number of nitrogens with zero attached hydrogens (tertiary/aromatic N) is 2. The van der Waals surface area contributed by atoms with Gasteiger partial charge in [-0.1, -0.05) is 29.8 Å². The molecule has 23 heavy (non-hydrogen) atoms. The predicted molar refractivity (Wildman–Crippen MR) is 85.5 cm³/mol. The number of hydrogen-bond donors (Lipinski definition) is 4. The fraction of sp³-hybridized carbons (Fsp3) is 0.214. The van der Waals surface area contributed by atoms with E-state index in [1.54, 1.807) is 0 Å². The number of H-pyrrole nitrogens is 2. The van der Waals surface area contributed by atoms with Crippen molar-refractivity contribution in [2.75, 3.05) is 5.32 Å². The van der Waals surface area contributed by atoms with Crippen molar-refractivity contribution < 1.29 is 4.79 Å². The number of carbonyl (C=O) groups excluding carboxylic acids is 1. The van der Waals surface area contributed by atoms with Gasteiger partial charge in [0.25, 0.3) is 11.5 Å². The van der Waals surface area contributed by atoms with Crippen molar-refractivity contribution in [3.05, 3.63) is 56.2 Å². The lowest BCUT2D eigenvalue weighted by Crippen LogP contribution is -2.38. The molecule has 4 N–H and O–H groups in total. The molecule has 1 amide bonds. The summed E-state index contributed by atoms with van der Waals surface area (Å²) >= 11 is 0. The first-order valence-electron chi connectivity index (χ1n) is 6.81. The number of aryl methyl sites for hydroxylation is 1. The molecule has 0 unspecified atom stereocenters. The van der Waals surface area contributed by atoms with E-state index < -0.39 is 23.2 Å². The number of hydrogen-bond acceptors (Lipinski definition) is 6. The van der Waals surface area contributed by atoms with Crippen molar-refractivity contribution >= 4 is 17.9 Å². The molecule has 1 aromatic heterocycles. The summed E-state index contributed by atoms with van der Waals surface area (Å²) in [5.74, 6) is -0.615. The molecular formula is C14H16N6O3. The van der Waals surface area contributed by atoms with Crippen LogP contribution in [0.25, 0.3) is 0 Å². The zero-order chi connectivity index (χ0) is 16.8. The van der Waals surface area contributed by atoms with Crippen LogP contribution < -0.4 is 22.0 Å². The Morgan fingerprint density at radius 1 is 1.39 bits per heavy atom. The highest BCUT2D eigenvalue weighted by Gasteiger charge is 2.14. The molecule has 0 aliphatic rings. The van der Waals surface area contributed by atoms with Crippen LogP contribution in [0.3, 0.4) is 0 Å². The molecule has 0 spiro atoms. The summed E-state index contributed by atoms with van der Waals surface area (Å²) in [6, 6.07) is 6.84. The molecule has 0 bridgehead atoms.